The normalized spacial score (nSPS) is 24.1. The lowest BCUT2D eigenvalue weighted by Crippen LogP contribution is -2.42. The van der Waals surface area contributed by atoms with Gasteiger partial charge >= 0.3 is 0 Å². The van der Waals surface area contributed by atoms with E-state index < -0.39 is 10.0 Å². The largest absolute Gasteiger partial charge is 0.309 e. The summed E-state index contributed by atoms with van der Waals surface area (Å²) in [5, 5.41) is 0. The summed E-state index contributed by atoms with van der Waals surface area (Å²) in [7, 11) is -3.48. The number of rotatable bonds is 4. The number of carbonyl (C=O) groups is 1. The number of carbonyl (C=O) groups excluding carboxylic acids is 1. The van der Waals surface area contributed by atoms with Crippen LogP contribution in [0.2, 0.25) is 0 Å². The first-order chi connectivity index (χ1) is 12.4. The third kappa shape index (κ3) is 3.07. The van der Waals surface area contributed by atoms with Gasteiger partial charge in [-0.15, -0.1) is 0 Å². The van der Waals surface area contributed by atoms with Crippen LogP contribution in [0.15, 0.2) is 23.1 Å². The molecule has 26 heavy (non-hydrogen) atoms. The number of amides is 1. The fourth-order valence-electron chi connectivity index (χ4n) is 4.72. The molecule has 1 amide bonds. The van der Waals surface area contributed by atoms with E-state index in [0.29, 0.717) is 11.3 Å². The van der Waals surface area contributed by atoms with Crippen LogP contribution in [0.5, 0.6) is 0 Å². The molecule has 0 spiro atoms. The summed E-state index contributed by atoms with van der Waals surface area (Å²) in [6.45, 7) is 3.57. The smallest absolute Gasteiger partial charge is 0.243 e. The summed E-state index contributed by atoms with van der Waals surface area (Å²) >= 11 is 0. The molecule has 1 heterocycles. The fraction of sp³-hybridized carbons (Fsp3) is 0.650. The Hall–Kier alpha value is -1.40. The number of hydrogen-bond donors (Lipinski definition) is 0. The summed E-state index contributed by atoms with van der Waals surface area (Å²) in [5.74, 6) is 0.00803. The maximum atomic E-state index is 13.5. The van der Waals surface area contributed by atoms with E-state index in [4.69, 9.17) is 0 Å². The summed E-state index contributed by atoms with van der Waals surface area (Å²) in [5.41, 5.74) is 1.83. The molecule has 1 aromatic rings. The monoisotopic (exact) mass is 376 g/mol. The fourth-order valence-corrected chi connectivity index (χ4v) is 6.71. The van der Waals surface area contributed by atoms with Crippen molar-refractivity contribution >= 4 is 21.6 Å². The molecule has 3 aliphatic rings. The predicted molar refractivity (Wildman–Crippen MR) is 102 cm³/mol. The van der Waals surface area contributed by atoms with Crippen molar-refractivity contribution in [1.29, 1.82) is 0 Å². The number of anilines is 1. The average molecular weight is 377 g/mol. The van der Waals surface area contributed by atoms with Crippen molar-refractivity contribution in [3.05, 3.63) is 23.8 Å². The molecule has 142 valence electrons. The summed E-state index contributed by atoms with van der Waals surface area (Å²) < 4.78 is 28.7. The lowest BCUT2D eigenvalue weighted by molar-refractivity contribution is -0.116. The van der Waals surface area contributed by atoms with Crippen LogP contribution in [0, 0.1) is 0 Å². The molecule has 4 rings (SSSR count). The Morgan fingerprint density at radius 2 is 1.73 bits per heavy atom. The van der Waals surface area contributed by atoms with Gasteiger partial charge < -0.3 is 4.90 Å². The van der Waals surface area contributed by atoms with E-state index in [-0.39, 0.29) is 24.0 Å². The Kier molecular flexibility index (Phi) is 4.59. The van der Waals surface area contributed by atoms with Gasteiger partial charge in [0.05, 0.1) is 4.90 Å². The van der Waals surface area contributed by atoms with E-state index in [1.54, 1.807) is 17.9 Å². The SMILES string of the molecule is CC(=O)N1c2ccc(S(=O)(=O)N(C3CCCCC3)C3CC3)cc2CC1C. The van der Waals surface area contributed by atoms with Gasteiger partial charge in [0.25, 0.3) is 0 Å². The molecule has 2 fully saturated rings. The first kappa shape index (κ1) is 18.0. The van der Waals surface area contributed by atoms with E-state index >= 15 is 0 Å². The lowest BCUT2D eigenvalue weighted by atomic mass is 9.95. The van der Waals surface area contributed by atoms with Crippen molar-refractivity contribution in [2.24, 2.45) is 0 Å². The molecule has 2 saturated carbocycles. The molecular formula is C20H28N2O3S. The number of benzene rings is 1. The highest BCUT2D eigenvalue weighted by atomic mass is 32.2. The van der Waals surface area contributed by atoms with Gasteiger partial charge in [-0.1, -0.05) is 19.3 Å². The molecule has 1 unspecified atom stereocenters. The van der Waals surface area contributed by atoms with Gasteiger partial charge in [-0.25, -0.2) is 8.42 Å². The van der Waals surface area contributed by atoms with Crippen molar-refractivity contribution in [1.82, 2.24) is 4.31 Å². The Balaban J connectivity index is 1.68. The second kappa shape index (κ2) is 6.64. The summed E-state index contributed by atoms with van der Waals surface area (Å²) in [4.78, 5) is 14.1. The quantitative estimate of drug-likeness (QED) is 0.808. The van der Waals surface area contributed by atoms with Crippen LogP contribution < -0.4 is 4.90 Å². The van der Waals surface area contributed by atoms with E-state index in [2.05, 4.69) is 0 Å². The molecule has 1 atom stereocenters. The molecule has 6 heteroatoms. The van der Waals surface area contributed by atoms with Gasteiger partial charge in [-0.2, -0.15) is 4.31 Å². The van der Waals surface area contributed by atoms with Crippen LogP contribution in [0.25, 0.3) is 0 Å². The number of sulfonamides is 1. The minimum absolute atomic E-state index is 0.00803. The van der Waals surface area contributed by atoms with Crippen molar-refractivity contribution in [3.63, 3.8) is 0 Å². The molecular weight excluding hydrogens is 348 g/mol. The van der Waals surface area contributed by atoms with Gasteiger partial charge in [0.15, 0.2) is 0 Å². The zero-order chi connectivity index (χ0) is 18.5. The maximum absolute atomic E-state index is 13.5. The number of hydrogen-bond acceptors (Lipinski definition) is 3. The third-order valence-electron chi connectivity index (χ3n) is 6.02. The molecule has 0 aromatic heterocycles. The highest BCUT2D eigenvalue weighted by Crippen LogP contribution is 2.40. The van der Waals surface area contributed by atoms with Crippen LogP contribution in [-0.2, 0) is 21.2 Å². The van der Waals surface area contributed by atoms with E-state index in [0.717, 1.165) is 49.8 Å². The van der Waals surface area contributed by atoms with E-state index in [1.807, 2.05) is 23.4 Å². The highest BCUT2D eigenvalue weighted by molar-refractivity contribution is 7.89. The molecule has 0 radical (unpaired) electrons. The van der Waals surface area contributed by atoms with Crippen LogP contribution in [0.1, 0.15) is 64.4 Å². The van der Waals surface area contributed by atoms with Crippen molar-refractivity contribution in [3.8, 4) is 0 Å². The van der Waals surface area contributed by atoms with Crippen molar-refractivity contribution in [2.45, 2.75) is 88.2 Å². The average Bonchev–Trinajstić information content (AvgIpc) is 3.35. The predicted octanol–water partition coefficient (Wildman–Crippen LogP) is 3.47. The van der Waals surface area contributed by atoms with Gasteiger partial charge in [0, 0.05) is 30.7 Å². The topological polar surface area (TPSA) is 57.7 Å². The molecule has 1 aromatic carbocycles. The Morgan fingerprint density at radius 1 is 1.08 bits per heavy atom. The van der Waals surface area contributed by atoms with Crippen LogP contribution in [0.3, 0.4) is 0 Å². The van der Waals surface area contributed by atoms with Gasteiger partial charge in [0.2, 0.25) is 15.9 Å². The second-order valence-corrected chi connectivity index (χ2v) is 9.93. The Bertz CT molecular complexity index is 810. The van der Waals surface area contributed by atoms with Gasteiger partial charge in [0.1, 0.15) is 0 Å². The molecule has 1 aliphatic heterocycles. The molecule has 0 saturated heterocycles. The minimum atomic E-state index is -3.48. The standard InChI is InChI=1S/C20H28N2O3S/c1-14-12-16-13-19(10-11-20(16)21(14)15(2)23)26(24,25)22(18-8-9-18)17-6-4-3-5-7-17/h10-11,13-14,17-18H,3-9,12H2,1-2H3. The van der Waals surface area contributed by atoms with Gasteiger partial charge in [-0.05, 0) is 62.8 Å². The van der Waals surface area contributed by atoms with Crippen LogP contribution >= 0.6 is 0 Å². The molecule has 0 N–H and O–H groups in total. The highest BCUT2D eigenvalue weighted by Gasteiger charge is 2.43. The molecule has 0 bridgehead atoms. The van der Waals surface area contributed by atoms with Crippen LogP contribution in [-0.4, -0.2) is 36.8 Å². The zero-order valence-corrected chi connectivity index (χ0v) is 16.5. The first-order valence-electron chi connectivity index (χ1n) is 9.86. The lowest BCUT2D eigenvalue weighted by Gasteiger charge is -2.33. The molecule has 2 aliphatic carbocycles. The van der Waals surface area contributed by atoms with E-state index in [1.165, 1.54) is 6.42 Å². The molecule has 5 nitrogen and oxygen atoms in total. The summed E-state index contributed by atoms with van der Waals surface area (Å²) in [6.07, 6.45) is 8.10. The van der Waals surface area contributed by atoms with Gasteiger partial charge in [-0.3, -0.25) is 4.79 Å². The zero-order valence-electron chi connectivity index (χ0n) is 15.6. The second-order valence-electron chi connectivity index (χ2n) is 8.09. The van der Waals surface area contributed by atoms with E-state index in [9.17, 15) is 13.2 Å². The minimum Gasteiger partial charge on any atom is -0.309 e. The maximum Gasteiger partial charge on any atom is 0.243 e. The Morgan fingerprint density at radius 3 is 2.35 bits per heavy atom. The third-order valence-corrected chi connectivity index (χ3v) is 8.02. The first-order valence-corrected chi connectivity index (χ1v) is 11.3. The van der Waals surface area contributed by atoms with Crippen molar-refractivity contribution < 1.29 is 13.2 Å². The van der Waals surface area contributed by atoms with Crippen LogP contribution in [0.4, 0.5) is 5.69 Å². The Labute approximate surface area is 156 Å². The summed E-state index contributed by atoms with van der Waals surface area (Å²) in [6, 6.07) is 5.74. The number of nitrogens with zero attached hydrogens (tertiary/aromatic N) is 2. The number of fused-ring (bicyclic) bond motifs is 1. The van der Waals surface area contributed by atoms with Crippen molar-refractivity contribution in [2.75, 3.05) is 4.90 Å².